The smallest absolute Gasteiger partial charge is 0.144 e. The molecule has 20 heavy (non-hydrogen) atoms. The van der Waals surface area contributed by atoms with Crippen molar-refractivity contribution in [3.8, 4) is 11.4 Å². The summed E-state index contributed by atoms with van der Waals surface area (Å²) in [6.45, 7) is 4.21. The molecule has 4 rings (SSSR count). The van der Waals surface area contributed by atoms with Crippen molar-refractivity contribution >= 4 is 11.9 Å². The van der Waals surface area contributed by atoms with E-state index >= 15 is 0 Å². The van der Waals surface area contributed by atoms with Gasteiger partial charge in [0, 0.05) is 25.2 Å². The van der Waals surface area contributed by atoms with Gasteiger partial charge in [0.25, 0.3) is 0 Å². The third-order valence-electron chi connectivity index (χ3n) is 4.19. The Balaban J connectivity index is 2.05. The van der Waals surface area contributed by atoms with Gasteiger partial charge in [0.2, 0.25) is 0 Å². The molecule has 0 N–H and O–H groups in total. The van der Waals surface area contributed by atoms with Crippen molar-refractivity contribution in [3.63, 3.8) is 0 Å². The summed E-state index contributed by atoms with van der Waals surface area (Å²) in [6, 6.07) is 0.237. The van der Waals surface area contributed by atoms with Crippen molar-refractivity contribution in [3.05, 3.63) is 23.1 Å². The number of halogens is 1. The average molecular weight is 272 g/mol. The van der Waals surface area contributed by atoms with Crippen LogP contribution in [0, 0.1) is 11.8 Å². The van der Waals surface area contributed by atoms with Crippen molar-refractivity contribution in [1.29, 1.82) is 0 Å². The standard InChI is InChI=1S/C15H17FN4/c1-8(2)20-12-5-9-4-11(9)13(16)14(12)18-15(20)10-6-17-19(3)7-10/h5-9,11H,4H2,1-3H3. The first-order chi connectivity index (χ1) is 9.56. The molecule has 0 saturated heterocycles. The van der Waals surface area contributed by atoms with Crippen LogP contribution in [0.5, 0.6) is 0 Å². The lowest BCUT2D eigenvalue weighted by Crippen LogP contribution is -2.34. The molecule has 2 aromatic heterocycles. The maximum Gasteiger partial charge on any atom is 0.144 e. The Hall–Kier alpha value is -1.91. The number of aromatic nitrogens is 4. The van der Waals surface area contributed by atoms with E-state index in [4.69, 9.17) is 0 Å². The summed E-state index contributed by atoms with van der Waals surface area (Å²) in [5.74, 6) is 1.24. The summed E-state index contributed by atoms with van der Waals surface area (Å²) in [5, 5.41) is 5.67. The van der Waals surface area contributed by atoms with Crippen molar-refractivity contribution in [2.24, 2.45) is 18.9 Å². The Kier molecular flexibility index (Phi) is 2.26. The van der Waals surface area contributed by atoms with E-state index < -0.39 is 0 Å². The van der Waals surface area contributed by atoms with Gasteiger partial charge in [-0.15, -0.1) is 0 Å². The summed E-state index contributed by atoms with van der Waals surface area (Å²) in [5.41, 5.74) is 0.936. The van der Waals surface area contributed by atoms with E-state index in [1.807, 2.05) is 13.2 Å². The van der Waals surface area contributed by atoms with Gasteiger partial charge in [0.05, 0.1) is 17.1 Å². The molecular weight excluding hydrogens is 255 g/mol. The third-order valence-corrected chi connectivity index (χ3v) is 4.19. The van der Waals surface area contributed by atoms with Crippen LogP contribution in [0.1, 0.15) is 26.3 Å². The van der Waals surface area contributed by atoms with E-state index in [2.05, 4.69) is 34.6 Å². The molecule has 4 nitrogen and oxygen atoms in total. The average Bonchev–Trinajstić information content (AvgIpc) is 2.87. The van der Waals surface area contributed by atoms with Crippen LogP contribution in [-0.4, -0.2) is 19.3 Å². The van der Waals surface area contributed by atoms with Gasteiger partial charge in [0.15, 0.2) is 0 Å². The van der Waals surface area contributed by atoms with Crippen LogP contribution in [0.4, 0.5) is 4.39 Å². The Morgan fingerprint density at radius 1 is 1.40 bits per heavy atom. The van der Waals surface area contributed by atoms with Gasteiger partial charge in [-0.1, -0.05) is 6.08 Å². The van der Waals surface area contributed by atoms with E-state index in [9.17, 15) is 4.39 Å². The summed E-state index contributed by atoms with van der Waals surface area (Å²) in [7, 11) is 1.88. The minimum Gasteiger partial charge on any atom is -0.321 e. The molecule has 2 unspecified atom stereocenters. The van der Waals surface area contributed by atoms with E-state index in [1.54, 1.807) is 10.9 Å². The van der Waals surface area contributed by atoms with Gasteiger partial charge >= 0.3 is 0 Å². The van der Waals surface area contributed by atoms with E-state index in [0.29, 0.717) is 11.3 Å². The molecule has 0 aromatic carbocycles. The Morgan fingerprint density at radius 2 is 2.20 bits per heavy atom. The van der Waals surface area contributed by atoms with E-state index in [-0.39, 0.29) is 17.8 Å². The first-order valence-electron chi connectivity index (χ1n) is 7.05. The van der Waals surface area contributed by atoms with Crippen LogP contribution in [0.2, 0.25) is 0 Å². The van der Waals surface area contributed by atoms with Crippen LogP contribution < -0.4 is 10.7 Å². The van der Waals surface area contributed by atoms with Crippen LogP contribution in [0.15, 0.2) is 12.4 Å². The molecule has 1 fully saturated rings. The second-order valence-electron chi connectivity index (χ2n) is 6.06. The zero-order chi connectivity index (χ0) is 14.0. The first kappa shape index (κ1) is 11.9. The predicted octanol–water partition coefficient (Wildman–Crippen LogP) is 1.37. The third kappa shape index (κ3) is 1.52. The minimum absolute atomic E-state index is 0.0305. The molecule has 0 aliphatic heterocycles. The maximum atomic E-state index is 14.4. The normalized spacial score (nSPS) is 23.6. The number of aryl methyl sites for hydroxylation is 1. The molecule has 2 heterocycles. The highest BCUT2D eigenvalue weighted by molar-refractivity contribution is 5.59. The molecule has 2 aliphatic rings. The highest BCUT2D eigenvalue weighted by atomic mass is 19.1. The first-order valence-corrected chi connectivity index (χ1v) is 7.05. The van der Waals surface area contributed by atoms with E-state index in [0.717, 1.165) is 23.2 Å². The number of hydrogen-bond acceptors (Lipinski definition) is 2. The molecule has 1 saturated carbocycles. The lowest BCUT2D eigenvalue weighted by atomic mass is 10.2. The molecule has 2 aromatic rings. The van der Waals surface area contributed by atoms with Crippen molar-refractivity contribution < 1.29 is 4.39 Å². The van der Waals surface area contributed by atoms with Gasteiger partial charge in [-0.05, 0) is 26.2 Å². The number of imidazole rings is 1. The predicted molar refractivity (Wildman–Crippen MR) is 74.6 cm³/mol. The number of fused-ring (bicyclic) bond motifs is 2. The Bertz CT molecular complexity index is 812. The van der Waals surface area contributed by atoms with Crippen molar-refractivity contribution in [2.75, 3.05) is 0 Å². The van der Waals surface area contributed by atoms with Crippen molar-refractivity contribution in [1.82, 2.24) is 19.3 Å². The van der Waals surface area contributed by atoms with E-state index in [1.165, 1.54) is 0 Å². The maximum absolute atomic E-state index is 14.4. The fraction of sp³-hybridized carbons (Fsp3) is 0.467. The molecule has 104 valence electrons. The highest BCUT2D eigenvalue weighted by Crippen LogP contribution is 2.47. The SMILES string of the molecule is CC(C)n1c(-c2cnn(C)c2)nc2c1=CC1CC1C=2F. The molecule has 2 aliphatic carbocycles. The molecular formula is C15H17FN4. The molecule has 0 radical (unpaired) electrons. The molecule has 2 atom stereocenters. The van der Waals surface area contributed by atoms with Crippen LogP contribution in [0.25, 0.3) is 23.3 Å². The summed E-state index contributed by atoms with van der Waals surface area (Å²) >= 11 is 0. The van der Waals surface area contributed by atoms with Crippen LogP contribution in [0.3, 0.4) is 0 Å². The zero-order valence-electron chi connectivity index (χ0n) is 11.8. The van der Waals surface area contributed by atoms with Gasteiger partial charge in [-0.2, -0.15) is 5.10 Å². The van der Waals surface area contributed by atoms with Gasteiger partial charge < -0.3 is 4.57 Å². The quantitative estimate of drug-likeness (QED) is 0.828. The fourth-order valence-electron chi connectivity index (χ4n) is 3.11. The van der Waals surface area contributed by atoms with Crippen LogP contribution in [-0.2, 0) is 7.05 Å². The van der Waals surface area contributed by atoms with Gasteiger partial charge in [-0.3, -0.25) is 4.68 Å². The Morgan fingerprint density at radius 3 is 2.85 bits per heavy atom. The zero-order valence-corrected chi connectivity index (χ0v) is 11.8. The summed E-state index contributed by atoms with van der Waals surface area (Å²) in [6.07, 6.45) is 6.83. The Labute approximate surface area is 116 Å². The number of rotatable bonds is 2. The lowest BCUT2D eigenvalue weighted by molar-refractivity contribution is 0.587. The second kappa shape index (κ2) is 3.81. The molecule has 5 heteroatoms. The minimum atomic E-state index is -0.0305. The van der Waals surface area contributed by atoms with Gasteiger partial charge in [-0.25, -0.2) is 9.37 Å². The lowest BCUT2D eigenvalue weighted by Gasteiger charge is -2.11. The molecule has 0 amide bonds. The monoisotopic (exact) mass is 272 g/mol. The van der Waals surface area contributed by atoms with Crippen molar-refractivity contribution in [2.45, 2.75) is 26.3 Å². The number of hydrogen-bond donors (Lipinski definition) is 0. The summed E-state index contributed by atoms with van der Waals surface area (Å²) < 4.78 is 18.3. The fourth-order valence-corrected chi connectivity index (χ4v) is 3.11. The second-order valence-corrected chi connectivity index (χ2v) is 6.06. The highest BCUT2D eigenvalue weighted by Gasteiger charge is 2.42. The number of nitrogens with zero attached hydrogens (tertiary/aromatic N) is 4. The summed E-state index contributed by atoms with van der Waals surface area (Å²) in [4.78, 5) is 4.58. The molecule has 0 bridgehead atoms. The molecule has 0 spiro atoms. The van der Waals surface area contributed by atoms with Gasteiger partial charge in [0.1, 0.15) is 17.0 Å². The topological polar surface area (TPSA) is 35.6 Å². The van der Waals surface area contributed by atoms with Crippen LogP contribution >= 0.6 is 0 Å². The largest absolute Gasteiger partial charge is 0.321 e.